The molecular weight excluding hydrogens is 552 g/mol. The average Bonchev–Trinajstić information content (AvgIpc) is 3.02. The first-order valence-electron chi connectivity index (χ1n) is 14.5. The van der Waals surface area contributed by atoms with Crippen molar-refractivity contribution < 1.29 is 27.0 Å². The predicted octanol–water partition coefficient (Wildman–Crippen LogP) is 10.7. The fraction of sp³-hybridized carbons (Fsp3) is 0.243. The molecule has 43 heavy (non-hydrogen) atoms. The van der Waals surface area contributed by atoms with Crippen molar-refractivity contribution >= 4 is 0 Å². The van der Waals surface area contributed by atoms with Gasteiger partial charge in [-0.25, -0.2) is 8.78 Å². The van der Waals surface area contributed by atoms with E-state index in [0.29, 0.717) is 24.3 Å². The molecular formula is C37H38F4O2. The lowest BCUT2D eigenvalue weighted by Gasteiger charge is -2.09. The van der Waals surface area contributed by atoms with Gasteiger partial charge in [-0.3, -0.25) is 0 Å². The number of hydrogen-bond donors (Lipinski definition) is 0. The summed E-state index contributed by atoms with van der Waals surface area (Å²) >= 11 is 0. The third kappa shape index (κ3) is 9.08. The fourth-order valence-corrected chi connectivity index (χ4v) is 4.43. The van der Waals surface area contributed by atoms with Crippen molar-refractivity contribution in [2.75, 3.05) is 13.2 Å². The summed E-state index contributed by atoms with van der Waals surface area (Å²) < 4.78 is 66.2. The normalized spacial score (nSPS) is 10.8. The number of ether oxygens (including phenoxy) is 2. The Morgan fingerprint density at radius 2 is 1.00 bits per heavy atom. The van der Waals surface area contributed by atoms with E-state index in [1.165, 1.54) is 17.7 Å². The van der Waals surface area contributed by atoms with Crippen molar-refractivity contribution in [2.24, 2.45) is 0 Å². The van der Waals surface area contributed by atoms with Crippen LogP contribution in [-0.4, -0.2) is 13.2 Å². The van der Waals surface area contributed by atoms with E-state index in [0.717, 1.165) is 31.2 Å². The number of hydrogen-bond acceptors (Lipinski definition) is 2. The minimum absolute atomic E-state index is 0.0493. The van der Waals surface area contributed by atoms with Gasteiger partial charge in [0.2, 0.25) is 11.6 Å². The van der Waals surface area contributed by atoms with Crippen molar-refractivity contribution in [3.05, 3.63) is 132 Å². The van der Waals surface area contributed by atoms with E-state index in [-0.39, 0.29) is 22.6 Å². The van der Waals surface area contributed by atoms with E-state index in [4.69, 9.17) is 9.47 Å². The third-order valence-electron chi connectivity index (χ3n) is 6.70. The average molecular weight is 591 g/mol. The molecule has 0 aliphatic carbocycles. The minimum Gasteiger partial charge on any atom is -0.491 e. The fourth-order valence-electron chi connectivity index (χ4n) is 4.43. The van der Waals surface area contributed by atoms with Gasteiger partial charge in [0.05, 0.1) is 13.2 Å². The van der Waals surface area contributed by atoms with Crippen LogP contribution in [0.5, 0.6) is 11.5 Å². The minimum atomic E-state index is -0.940. The lowest BCUT2D eigenvalue weighted by atomic mass is 10.0. The highest BCUT2D eigenvalue weighted by atomic mass is 19.2. The molecule has 0 radical (unpaired) electrons. The number of aryl methyl sites for hydroxylation is 2. The van der Waals surface area contributed by atoms with E-state index >= 15 is 0 Å². The molecule has 6 heteroatoms. The Labute approximate surface area is 252 Å². The second-order valence-electron chi connectivity index (χ2n) is 9.67. The topological polar surface area (TPSA) is 18.5 Å². The van der Waals surface area contributed by atoms with Crippen molar-refractivity contribution in [2.45, 2.75) is 46.5 Å². The first-order chi connectivity index (χ1) is 20.8. The maximum absolute atomic E-state index is 14.2. The van der Waals surface area contributed by atoms with E-state index in [1.54, 1.807) is 38.1 Å². The molecule has 4 aromatic carbocycles. The summed E-state index contributed by atoms with van der Waals surface area (Å²) in [6, 6.07) is 21.0. The van der Waals surface area contributed by atoms with Gasteiger partial charge in [0.25, 0.3) is 0 Å². The lowest BCUT2D eigenvalue weighted by Crippen LogP contribution is -1.98. The summed E-state index contributed by atoms with van der Waals surface area (Å²) in [6.07, 6.45) is 9.68. The van der Waals surface area contributed by atoms with Gasteiger partial charge in [-0.05, 0) is 93.0 Å². The Kier molecular flexibility index (Phi) is 13.1. The van der Waals surface area contributed by atoms with Gasteiger partial charge < -0.3 is 9.47 Å². The van der Waals surface area contributed by atoms with Crippen LogP contribution in [0.2, 0.25) is 0 Å². The van der Waals surface area contributed by atoms with Crippen LogP contribution in [0.3, 0.4) is 0 Å². The zero-order chi connectivity index (χ0) is 31.2. The molecule has 0 spiro atoms. The highest BCUT2D eigenvalue weighted by molar-refractivity contribution is 5.66. The van der Waals surface area contributed by atoms with Crippen molar-refractivity contribution in [3.63, 3.8) is 0 Å². The molecule has 0 saturated carbocycles. The number of benzene rings is 4. The molecule has 0 atom stereocenters. The van der Waals surface area contributed by atoms with Gasteiger partial charge in [-0.1, -0.05) is 66.8 Å². The molecule has 4 aromatic rings. The number of allylic oxidation sites excluding steroid dienone is 3. The van der Waals surface area contributed by atoms with E-state index in [9.17, 15) is 17.6 Å². The van der Waals surface area contributed by atoms with Crippen LogP contribution in [-0.2, 0) is 12.8 Å². The molecule has 4 rings (SSSR count). The Bertz CT molecular complexity index is 1490. The Morgan fingerprint density at radius 1 is 0.581 bits per heavy atom. The molecule has 0 aromatic heterocycles. The molecule has 226 valence electrons. The van der Waals surface area contributed by atoms with Crippen LogP contribution in [0.25, 0.3) is 22.3 Å². The highest BCUT2D eigenvalue weighted by Crippen LogP contribution is 2.31. The number of rotatable bonds is 12. The predicted molar refractivity (Wildman–Crippen MR) is 168 cm³/mol. The van der Waals surface area contributed by atoms with Gasteiger partial charge in [-0.15, -0.1) is 6.58 Å². The van der Waals surface area contributed by atoms with Gasteiger partial charge in [0.15, 0.2) is 23.1 Å². The maximum Gasteiger partial charge on any atom is 0.201 e. The van der Waals surface area contributed by atoms with Crippen molar-refractivity contribution in [1.82, 2.24) is 0 Å². The molecule has 0 fully saturated rings. The van der Waals surface area contributed by atoms with Crippen LogP contribution >= 0.6 is 0 Å². The SMILES string of the molecule is C=CCCc1ccc(-c2ccc(OCC)c(F)c2F)cc1.CC=CCCc1ccc(-c2ccc(OCC)c(F)c2F)cc1. The molecule has 0 unspecified atom stereocenters. The summed E-state index contributed by atoms with van der Waals surface area (Å²) in [5, 5.41) is 0. The molecule has 0 saturated heterocycles. The smallest absolute Gasteiger partial charge is 0.201 e. The third-order valence-corrected chi connectivity index (χ3v) is 6.70. The van der Waals surface area contributed by atoms with E-state index in [1.807, 2.05) is 55.5 Å². The summed E-state index contributed by atoms with van der Waals surface area (Å²) in [6.45, 7) is 9.74. The van der Waals surface area contributed by atoms with Crippen LogP contribution in [0.1, 0.15) is 44.7 Å². The van der Waals surface area contributed by atoms with Gasteiger partial charge in [-0.2, -0.15) is 8.78 Å². The second kappa shape index (κ2) is 17.0. The molecule has 0 amide bonds. The van der Waals surface area contributed by atoms with Crippen molar-refractivity contribution in [3.8, 4) is 33.8 Å². The standard InChI is InChI=1S/C19H20F2O.C18H18F2O/c1-3-5-6-7-14-8-10-15(11-9-14)16-12-13-17(22-4-2)19(21)18(16)20;1-3-5-6-13-7-9-14(10-8-13)15-11-12-16(21-4-2)18(20)17(15)19/h3,5,8-13H,4,6-7H2,1-2H3;3,7-12H,1,4-6H2,2H3. The second-order valence-corrected chi connectivity index (χ2v) is 9.67. The zero-order valence-corrected chi connectivity index (χ0v) is 24.9. The first-order valence-corrected chi connectivity index (χ1v) is 14.5. The van der Waals surface area contributed by atoms with Gasteiger partial charge in [0, 0.05) is 11.1 Å². The highest BCUT2D eigenvalue weighted by Gasteiger charge is 2.16. The van der Waals surface area contributed by atoms with Crippen LogP contribution < -0.4 is 9.47 Å². The van der Waals surface area contributed by atoms with Gasteiger partial charge in [0.1, 0.15) is 0 Å². The van der Waals surface area contributed by atoms with Crippen LogP contribution in [0, 0.1) is 23.3 Å². The van der Waals surface area contributed by atoms with E-state index in [2.05, 4.69) is 12.7 Å². The summed E-state index contributed by atoms with van der Waals surface area (Å²) in [5.74, 6) is -3.72. The lowest BCUT2D eigenvalue weighted by molar-refractivity contribution is 0.314. The molecule has 0 N–H and O–H groups in total. The zero-order valence-electron chi connectivity index (χ0n) is 24.9. The summed E-state index contributed by atoms with van der Waals surface area (Å²) in [4.78, 5) is 0. The van der Waals surface area contributed by atoms with E-state index < -0.39 is 23.3 Å². The monoisotopic (exact) mass is 590 g/mol. The Morgan fingerprint density at radius 3 is 1.37 bits per heavy atom. The number of halogens is 4. The first kappa shape index (κ1) is 33.2. The molecule has 0 bridgehead atoms. The Hall–Kier alpha value is -4.32. The summed E-state index contributed by atoms with van der Waals surface area (Å²) in [5.41, 5.74) is 4.12. The van der Waals surface area contributed by atoms with Crippen molar-refractivity contribution in [1.29, 1.82) is 0 Å². The molecule has 0 aliphatic heterocycles. The van der Waals surface area contributed by atoms with Crippen LogP contribution in [0.15, 0.2) is 97.6 Å². The molecule has 2 nitrogen and oxygen atoms in total. The summed E-state index contributed by atoms with van der Waals surface area (Å²) in [7, 11) is 0. The molecule has 0 aliphatic rings. The van der Waals surface area contributed by atoms with Crippen LogP contribution in [0.4, 0.5) is 17.6 Å². The maximum atomic E-state index is 14.2. The molecule has 0 heterocycles. The Balaban J connectivity index is 0.000000236. The quantitative estimate of drug-likeness (QED) is 0.121. The van der Waals surface area contributed by atoms with Gasteiger partial charge >= 0.3 is 0 Å². The largest absolute Gasteiger partial charge is 0.491 e.